The van der Waals surface area contributed by atoms with Gasteiger partial charge in [0.1, 0.15) is 5.41 Å². The second-order valence-electron chi connectivity index (χ2n) is 4.91. The summed E-state index contributed by atoms with van der Waals surface area (Å²) in [5.41, 5.74) is -0.354. The molecule has 0 spiro atoms. The number of nitrogens with zero attached hydrogens (tertiary/aromatic N) is 1. The second-order valence-corrected chi connectivity index (χ2v) is 4.91. The summed E-state index contributed by atoms with van der Waals surface area (Å²) < 4.78 is 0. The lowest BCUT2D eigenvalue weighted by atomic mass is 9.74. The van der Waals surface area contributed by atoms with Crippen LogP contribution < -0.4 is 0 Å². The molecule has 0 radical (unpaired) electrons. The van der Waals surface area contributed by atoms with E-state index < -0.39 is 5.41 Å². The first-order valence-corrected chi connectivity index (χ1v) is 6.66. The maximum Gasteiger partial charge on any atom is 0.165 e. The van der Waals surface area contributed by atoms with E-state index in [0.717, 1.165) is 0 Å². The highest BCUT2D eigenvalue weighted by atomic mass is 16.1. The Kier molecular flexibility index (Phi) is 4.30. The first-order chi connectivity index (χ1) is 10.1. The lowest BCUT2D eigenvalue weighted by molar-refractivity contribution is -0.120. The predicted molar refractivity (Wildman–Crippen MR) is 79.8 cm³/mol. The van der Waals surface area contributed by atoms with Crippen molar-refractivity contribution in [2.45, 2.75) is 18.8 Å². The fourth-order valence-corrected chi connectivity index (χ4v) is 2.30. The lowest BCUT2D eigenvalue weighted by Gasteiger charge is -2.23. The third-order valence-electron chi connectivity index (χ3n) is 3.58. The SMILES string of the molecule is CC(=O)[C@@](C#N)(CC(=O)c1ccccc1)c1ccccc1. The quantitative estimate of drug-likeness (QED) is 0.788. The minimum absolute atomic E-state index is 0.146. The van der Waals surface area contributed by atoms with Crippen LogP contribution in [-0.4, -0.2) is 11.6 Å². The van der Waals surface area contributed by atoms with Crippen molar-refractivity contribution in [2.24, 2.45) is 0 Å². The summed E-state index contributed by atoms with van der Waals surface area (Å²) in [6, 6.07) is 19.5. The molecule has 0 aliphatic carbocycles. The number of carbonyl (C=O) groups is 2. The molecule has 0 fully saturated rings. The maximum atomic E-state index is 12.4. The fourth-order valence-electron chi connectivity index (χ4n) is 2.30. The highest BCUT2D eigenvalue weighted by Crippen LogP contribution is 2.30. The first-order valence-electron chi connectivity index (χ1n) is 6.66. The molecule has 0 saturated carbocycles. The minimum Gasteiger partial charge on any atom is -0.298 e. The summed E-state index contributed by atoms with van der Waals surface area (Å²) in [5, 5.41) is 9.57. The van der Waals surface area contributed by atoms with E-state index in [-0.39, 0.29) is 18.0 Å². The van der Waals surface area contributed by atoms with Gasteiger partial charge in [0.25, 0.3) is 0 Å². The van der Waals surface area contributed by atoms with Gasteiger partial charge in [-0.05, 0) is 12.5 Å². The van der Waals surface area contributed by atoms with Crippen LogP contribution in [0, 0.1) is 11.3 Å². The van der Waals surface area contributed by atoms with Crippen molar-refractivity contribution < 1.29 is 9.59 Å². The molecule has 2 rings (SSSR count). The van der Waals surface area contributed by atoms with E-state index in [4.69, 9.17) is 0 Å². The van der Waals surface area contributed by atoms with Crippen LogP contribution in [0.3, 0.4) is 0 Å². The summed E-state index contributed by atoms with van der Waals surface area (Å²) in [5.74, 6) is -0.531. The number of nitriles is 1. The molecule has 0 saturated heterocycles. The molecule has 1 atom stereocenters. The number of carbonyl (C=O) groups excluding carboxylic acids is 2. The lowest BCUT2D eigenvalue weighted by Crippen LogP contribution is -2.35. The molecule has 0 aromatic heterocycles. The summed E-state index contributed by atoms with van der Waals surface area (Å²) in [4.78, 5) is 24.5. The third-order valence-corrected chi connectivity index (χ3v) is 3.58. The Balaban J connectivity index is 2.42. The van der Waals surface area contributed by atoms with Crippen LogP contribution >= 0.6 is 0 Å². The van der Waals surface area contributed by atoms with Crippen LogP contribution in [0.2, 0.25) is 0 Å². The smallest absolute Gasteiger partial charge is 0.165 e. The molecule has 104 valence electrons. The van der Waals surface area contributed by atoms with Gasteiger partial charge in [-0.1, -0.05) is 60.7 Å². The standard InChI is InChI=1S/C18H15NO2/c1-14(20)18(13-19,16-10-6-3-7-11-16)12-17(21)15-8-4-2-5-9-15/h2-11H,12H2,1H3/t18-/m0/s1. The number of ketones is 2. The first kappa shape index (κ1) is 14.7. The van der Waals surface area contributed by atoms with Crippen molar-refractivity contribution in [3.63, 3.8) is 0 Å². The molecule has 0 aliphatic rings. The topological polar surface area (TPSA) is 57.9 Å². The number of rotatable bonds is 5. The molecule has 2 aromatic carbocycles. The van der Waals surface area contributed by atoms with Gasteiger partial charge in [0.15, 0.2) is 11.6 Å². The van der Waals surface area contributed by atoms with Gasteiger partial charge in [-0.3, -0.25) is 9.59 Å². The predicted octanol–water partition coefficient (Wildman–Crippen LogP) is 3.31. The molecule has 0 N–H and O–H groups in total. The molecular formula is C18H15NO2. The maximum absolute atomic E-state index is 12.4. The molecule has 3 heteroatoms. The summed E-state index contributed by atoms with van der Waals surface area (Å²) in [6.07, 6.45) is -0.146. The monoisotopic (exact) mass is 277 g/mol. The molecule has 0 heterocycles. The van der Waals surface area contributed by atoms with Crippen LogP contribution in [0.4, 0.5) is 0 Å². The molecule has 0 bridgehead atoms. The Hall–Kier alpha value is -2.73. The Labute approximate surface area is 123 Å². The van der Waals surface area contributed by atoms with E-state index in [1.807, 2.05) is 12.1 Å². The van der Waals surface area contributed by atoms with E-state index in [9.17, 15) is 14.9 Å². The molecule has 3 nitrogen and oxygen atoms in total. The van der Waals surface area contributed by atoms with Gasteiger partial charge >= 0.3 is 0 Å². The van der Waals surface area contributed by atoms with Gasteiger partial charge in [-0.25, -0.2) is 0 Å². The normalized spacial score (nSPS) is 13.0. The van der Waals surface area contributed by atoms with Crippen LogP contribution in [0.15, 0.2) is 60.7 Å². The zero-order valence-corrected chi connectivity index (χ0v) is 11.7. The van der Waals surface area contributed by atoms with Gasteiger partial charge in [-0.2, -0.15) is 5.26 Å². The summed E-state index contributed by atoms with van der Waals surface area (Å²) in [7, 11) is 0. The van der Waals surface area contributed by atoms with E-state index in [1.54, 1.807) is 48.5 Å². The molecule has 2 aromatic rings. The van der Waals surface area contributed by atoms with Crippen molar-refractivity contribution >= 4 is 11.6 Å². The third kappa shape index (κ3) is 2.90. The van der Waals surface area contributed by atoms with E-state index in [0.29, 0.717) is 11.1 Å². The Morgan fingerprint density at radius 2 is 1.52 bits per heavy atom. The Morgan fingerprint density at radius 3 is 2.00 bits per heavy atom. The average molecular weight is 277 g/mol. The Morgan fingerprint density at radius 1 is 1.00 bits per heavy atom. The number of hydrogen-bond acceptors (Lipinski definition) is 3. The van der Waals surface area contributed by atoms with Crippen LogP contribution in [0.5, 0.6) is 0 Å². The Bertz CT molecular complexity index is 686. The van der Waals surface area contributed by atoms with Crippen molar-refractivity contribution in [3.8, 4) is 6.07 Å². The largest absolute Gasteiger partial charge is 0.298 e. The molecule has 0 aliphatic heterocycles. The molecule has 0 amide bonds. The molecule has 21 heavy (non-hydrogen) atoms. The summed E-state index contributed by atoms with van der Waals surface area (Å²) in [6.45, 7) is 1.36. The zero-order valence-electron chi connectivity index (χ0n) is 11.7. The van der Waals surface area contributed by atoms with Gasteiger partial charge < -0.3 is 0 Å². The van der Waals surface area contributed by atoms with Crippen molar-refractivity contribution in [2.75, 3.05) is 0 Å². The van der Waals surface area contributed by atoms with Gasteiger partial charge in [-0.15, -0.1) is 0 Å². The molecule has 0 unspecified atom stereocenters. The van der Waals surface area contributed by atoms with Crippen molar-refractivity contribution in [1.82, 2.24) is 0 Å². The number of hydrogen-bond donors (Lipinski definition) is 0. The van der Waals surface area contributed by atoms with Gasteiger partial charge in [0.05, 0.1) is 6.07 Å². The van der Waals surface area contributed by atoms with E-state index in [2.05, 4.69) is 6.07 Å². The number of Topliss-reactive ketones (excluding diaryl/α,β-unsaturated/α-hetero) is 2. The fraction of sp³-hybridized carbons (Fsp3) is 0.167. The van der Waals surface area contributed by atoms with Crippen LogP contribution in [0.25, 0.3) is 0 Å². The minimum atomic E-state index is -1.42. The number of benzene rings is 2. The highest BCUT2D eigenvalue weighted by Gasteiger charge is 2.40. The van der Waals surface area contributed by atoms with Gasteiger partial charge in [0.2, 0.25) is 0 Å². The second kappa shape index (κ2) is 6.15. The summed E-state index contributed by atoms with van der Waals surface area (Å²) >= 11 is 0. The van der Waals surface area contributed by atoms with E-state index >= 15 is 0 Å². The zero-order chi connectivity index (χ0) is 15.3. The highest BCUT2D eigenvalue weighted by molar-refractivity contribution is 6.03. The van der Waals surface area contributed by atoms with Crippen LogP contribution in [-0.2, 0) is 10.2 Å². The van der Waals surface area contributed by atoms with E-state index in [1.165, 1.54) is 6.92 Å². The van der Waals surface area contributed by atoms with Crippen LogP contribution in [0.1, 0.15) is 29.3 Å². The van der Waals surface area contributed by atoms with Crippen molar-refractivity contribution in [1.29, 1.82) is 5.26 Å². The average Bonchev–Trinajstić information content (AvgIpc) is 2.54. The van der Waals surface area contributed by atoms with Gasteiger partial charge in [0, 0.05) is 12.0 Å². The van der Waals surface area contributed by atoms with Crippen molar-refractivity contribution in [3.05, 3.63) is 71.8 Å². The molecular weight excluding hydrogens is 262 g/mol.